The van der Waals surface area contributed by atoms with Gasteiger partial charge in [0.25, 0.3) is 0 Å². The molecule has 0 saturated carbocycles. The molecule has 1 aliphatic carbocycles. The van der Waals surface area contributed by atoms with Crippen molar-refractivity contribution in [2.24, 2.45) is 0 Å². The molecule has 0 spiro atoms. The molecule has 36 heavy (non-hydrogen) atoms. The predicted molar refractivity (Wildman–Crippen MR) is 149 cm³/mol. The number of para-hydroxylation sites is 1. The number of halogens is 1. The topological polar surface area (TPSA) is 4.93 Å². The Morgan fingerprint density at radius 3 is 2.08 bits per heavy atom. The quantitative estimate of drug-likeness (QED) is 0.232. The van der Waals surface area contributed by atoms with Crippen LogP contribution in [-0.4, -0.2) is 12.4 Å². The number of fused-ring (bicyclic) bond motifs is 6. The van der Waals surface area contributed by atoms with Gasteiger partial charge in [0.05, 0.1) is 11.0 Å². The first-order valence-electron chi connectivity index (χ1n) is 12.3. The minimum atomic E-state index is -0.230. The Balaban J connectivity index is 1.42. The molecular formula is C33H23BFN. The van der Waals surface area contributed by atoms with Crippen molar-refractivity contribution in [1.29, 1.82) is 0 Å². The van der Waals surface area contributed by atoms with Crippen molar-refractivity contribution in [1.82, 2.24) is 4.57 Å². The molecule has 6 aromatic rings. The van der Waals surface area contributed by atoms with Crippen LogP contribution in [-0.2, 0) is 5.41 Å². The molecule has 0 unspecified atom stereocenters. The van der Waals surface area contributed by atoms with Gasteiger partial charge in [-0.1, -0.05) is 73.9 Å². The molecule has 1 nitrogen and oxygen atoms in total. The highest BCUT2D eigenvalue weighted by atomic mass is 19.1. The molecule has 0 N–H and O–H groups in total. The minimum Gasteiger partial charge on any atom is -0.309 e. The Bertz CT molecular complexity index is 1830. The van der Waals surface area contributed by atoms with Crippen molar-refractivity contribution < 1.29 is 4.39 Å². The third-order valence-electron chi connectivity index (χ3n) is 7.79. The molecule has 0 amide bonds. The third kappa shape index (κ3) is 2.96. The van der Waals surface area contributed by atoms with E-state index in [0.717, 1.165) is 22.2 Å². The fourth-order valence-corrected chi connectivity index (χ4v) is 5.96. The molecule has 0 atom stereocenters. The molecule has 5 aromatic carbocycles. The van der Waals surface area contributed by atoms with E-state index in [-0.39, 0.29) is 11.2 Å². The third-order valence-corrected chi connectivity index (χ3v) is 7.79. The van der Waals surface area contributed by atoms with E-state index in [9.17, 15) is 4.39 Å². The molecule has 0 fully saturated rings. The minimum absolute atomic E-state index is 0.112. The maximum absolute atomic E-state index is 13.6. The lowest BCUT2D eigenvalue weighted by atomic mass is 9.79. The molecule has 1 aromatic heterocycles. The first kappa shape index (κ1) is 21.2. The van der Waals surface area contributed by atoms with Crippen LogP contribution >= 0.6 is 0 Å². The maximum Gasteiger partial charge on any atom is 0.123 e. The highest BCUT2D eigenvalue weighted by Crippen LogP contribution is 2.49. The van der Waals surface area contributed by atoms with Gasteiger partial charge in [-0.3, -0.25) is 0 Å². The average molecular weight is 463 g/mol. The fourth-order valence-electron chi connectivity index (χ4n) is 5.96. The van der Waals surface area contributed by atoms with Crippen LogP contribution in [0.4, 0.5) is 4.39 Å². The molecule has 0 aliphatic heterocycles. The summed E-state index contributed by atoms with van der Waals surface area (Å²) in [6.45, 7) is 4.56. The lowest BCUT2D eigenvalue weighted by Gasteiger charge is -2.22. The van der Waals surface area contributed by atoms with Crippen molar-refractivity contribution in [2.45, 2.75) is 19.3 Å². The Morgan fingerprint density at radius 1 is 0.639 bits per heavy atom. The van der Waals surface area contributed by atoms with Gasteiger partial charge in [-0.2, -0.15) is 0 Å². The summed E-state index contributed by atoms with van der Waals surface area (Å²) in [5.74, 6) is -0.230. The van der Waals surface area contributed by atoms with Crippen molar-refractivity contribution in [3.8, 4) is 27.9 Å². The zero-order chi connectivity index (χ0) is 24.6. The molecule has 1 heterocycles. The summed E-state index contributed by atoms with van der Waals surface area (Å²) in [7, 11) is 6.14. The summed E-state index contributed by atoms with van der Waals surface area (Å²) in [5, 5.41) is 2.37. The van der Waals surface area contributed by atoms with Crippen LogP contribution in [0.25, 0.3) is 49.7 Å². The van der Waals surface area contributed by atoms with Crippen LogP contribution in [0, 0.1) is 5.82 Å². The standard InChI is InChI=1S/C33H23BFN/c1-33(2)29-18-21(7-14-25(29)26-15-9-22(34)19-30(26)33)20-8-16-32-28(17-20)27-5-3-4-6-31(27)36(32)24-12-10-23(35)11-13-24/h3-19H,1-2H3. The number of aromatic nitrogens is 1. The van der Waals surface area contributed by atoms with E-state index >= 15 is 0 Å². The summed E-state index contributed by atoms with van der Waals surface area (Å²) in [4.78, 5) is 0. The Morgan fingerprint density at radius 2 is 1.28 bits per heavy atom. The summed E-state index contributed by atoms with van der Waals surface area (Å²) >= 11 is 0. The molecule has 170 valence electrons. The normalized spacial score (nSPS) is 13.8. The van der Waals surface area contributed by atoms with Crippen LogP contribution in [0.1, 0.15) is 25.0 Å². The number of hydrogen-bond acceptors (Lipinski definition) is 0. The second kappa shape index (κ2) is 7.45. The van der Waals surface area contributed by atoms with Gasteiger partial charge in [0.1, 0.15) is 13.7 Å². The van der Waals surface area contributed by atoms with Crippen LogP contribution < -0.4 is 5.46 Å². The van der Waals surface area contributed by atoms with E-state index in [0.29, 0.717) is 0 Å². The lowest BCUT2D eigenvalue weighted by Crippen LogP contribution is -2.17. The van der Waals surface area contributed by atoms with Gasteiger partial charge in [0, 0.05) is 21.9 Å². The van der Waals surface area contributed by atoms with E-state index in [1.165, 1.54) is 56.3 Å². The SMILES string of the molecule is [B]c1ccc2c(c1)C(C)(C)c1cc(-c3ccc4c(c3)c3ccccc3n4-c3ccc(F)cc3)ccc1-2. The summed E-state index contributed by atoms with van der Waals surface area (Å²) < 4.78 is 15.8. The Labute approximate surface area is 211 Å². The van der Waals surface area contributed by atoms with Gasteiger partial charge in [-0.05, 0) is 81.9 Å². The van der Waals surface area contributed by atoms with Gasteiger partial charge >= 0.3 is 0 Å². The summed E-state index contributed by atoms with van der Waals surface area (Å²) in [6, 6.07) is 34.8. The molecule has 1 aliphatic rings. The zero-order valence-corrected chi connectivity index (χ0v) is 20.2. The zero-order valence-electron chi connectivity index (χ0n) is 20.2. The van der Waals surface area contributed by atoms with Gasteiger partial charge in [0.15, 0.2) is 0 Å². The van der Waals surface area contributed by atoms with E-state index in [1.807, 2.05) is 18.2 Å². The molecule has 7 rings (SSSR count). The van der Waals surface area contributed by atoms with Gasteiger partial charge in [0.2, 0.25) is 0 Å². The fraction of sp³-hybridized carbons (Fsp3) is 0.0909. The van der Waals surface area contributed by atoms with Gasteiger partial charge in [-0.15, -0.1) is 0 Å². The molecular weight excluding hydrogens is 440 g/mol. The van der Waals surface area contributed by atoms with Crippen molar-refractivity contribution in [2.75, 3.05) is 0 Å². The van der Waals surface area contributed by atoms with Crippen molar-refractivity contribution >= 4 is 35.1 Å². The summed E-state index contributed by atoms with van der Waals surface area (Å²) in [5.41, 5.74) is 11.4. The van der Waals surface area contributed by atoms with Crippen LogP contribution in [0.15, 0.2) is 103 Å². The Hall–Kier alpha value is -4.11. The molecule has 0 saturated heterocycles. The monoisotopic (exact) mass is 463 g/mol. The largest absolute Gasteiger partial charge is 0.309 e. The smallest absolute Gasteiger partial charge is 0.123 e. The van der Waals surface area contributed by atoms with Crippen LogP contribution in [0.3, 0.4) is 0 Å². The molecule has 0 bridgehead atoms. The van der Waals surface area contributed by atoms with E-state index < -0.39 is 0 Å². The first-order valence-corrected chi connectivity index (χ1v) is 12.3. The van der Waals surface area contributed by atoms with Crippen molar-refractivity contribution in [3.63, 3.8) is 0 Å². The lowest BCUT2D eigenvalue weighted by molar-refractivity contribution is 0.627. The number of hydrogen-bond donors (Lipinski definition) is 0. The maximum atomic E-state index is 13.6. The number of benzene rings is 5. The van der Waals surface area contributed by atoms with E-state index in [2.05, 4.69) is 91.2 Å². The van der Waals surface area contributed by atoms with Crippen LogP contribution in [0.5, 0.6) is 0 Å². The van der Waals surface area contributed by atoms with Gasteiger partial charge < -0.3 is 4.57 Å². The van der Waals surface area contributed by atoms with Crippen molar-refractivity contribution in [3.05, 3.63) is 120 Å². The van der Waals surface area contributed by atoms with E-state index in [4.69, 9.17) is 7.85 Å². The first-order chi connectivity index (χ1) is 17.4. The van der Waals surface area contributed by atoms with Gasteiger partial charge in [-0.25, -0.2) is 4.39 Å². The number of nitrogens with zero attached hydrogens (tertiary/aromatic N) is 1. The van der Waals surface area contributed by atoms with E-state index in [1.54, 1.807) is 0 Å². The highest BCUT2D eigenvalue weighted by Gasteiger charge is 2.35. The Kier molecular flexibility index (Phi) is 4.38. The predicted octanol–water partition coefficient (Wildman–Crippen LogP) is 7.69. The molecule has 2 radical (unpaired) electrons. The second-order valence-corrected chi connectivity index (χ2v) is 10.3. The number of rotatable bonds is 2. The highest BCUT2D eigenvalue weighted by molar-refractivity contribution is 6.32. The van der Waals surface area contributed by atoms with Crippen LogP contribution in [0.2, 0.25) is 0 Å². The summed E-state index contributed by atoms with van der Waals surface area (Å²) in [6.07, 6.45) is 0. The second-order valence-electron chi connectivity index (χ2n) is 10.3. The average Bonchev–Trinajstić information content (AvgIpc) is 3.33. The molecule has 3 heteroatoms.